The van der Waals surface area contributed by atoms with Crippen molar-refractivity contribution in [2.45, 2.75) is 19.3 Å². The lowest BCUT2D eigenvalue weighted by molar-refractivity contribution is -0.115. The van der Waals surface area contributed by atoms with E-state index < -0.39 is 0 Å². The summed E-state index contributed by atoms with van der Waals surface area (Å²) in [4.78, 5) is 36.3. The molecule has 33 heavy (non-hydrogen) atoms. The largest absolute Gasteiger partial charge is 0.359 e. The fourth-order valence-electron chi connectivity index (χ4n) is 3.82. The number of hydrogen-bond acceptors (Lipinski definition) is 5. The number of nitrogens with zero attached hydrogens (tertiary/aromatic N) is 3. The fraction of sp³-hybridized carbons (Fsp3) is 0.231. The van der Waals surface area contributed by atoms with Gasteiger partial charge in [0.2, 0.25) is 5.91 Å². The zero-order chi connectivity index (χ0) is 23.2. The number of pyridine rings is 1. The number of amidine groups is 1. The number of ketones is 1. The lowest BCUT2D eigenvalue weighted by atomic mass is 9.96. The summed E-state index contributed by atoms with van der Waals surface area (Å²) < 4.78 is 0. The Kier molecular flexibility index (Phi) is 7.15. The Morgan fingerprint density at radius 2 is 1.73 bits per heavy atom. The molecule has 2 aromatic carbocycles. The first-order valence-electron chi connectivity index (χ1n) is 10.9. The zero-order valence-electron chi connectivity index (χ0n) is 18.4. The quantitative estimate of drug-likeness (QED) is 0.529. The normalized spacial score (nSPS) is 13.4. The molecule has 1 aliphatic rings. The molecule has 2 heterocycles. The van der Waals surface area contributed by atoms with Crippen LogP contribution in [0.3, 0.4) is 0 Å². The maximum absolute atomic E-state index is 13.0. The van der Waals surface area contributed by atoms with Crippen LogP contribution in [0.1, 0.15) is 33.5 Å². The summed E-state index contributed by atoms with van der Waals surface area (Å²) >= 11 is 5.84. The van der Waals surface area contributed by atoms with Crippen LogP contribution in [0.2, 0.25) is 5.02 Å². The summed E-state index contributed by atoms with van der Waals surface area (Å²) in [5, 5.41) is 3.27. The first-order valence-corrected chi connectivity index (χ1v) is 11.2. The SMILES string of the molecule is CN1CCCN=C1c1ccc(C(=O)Cc2ccccc2CC(=O)Nc2ccc(Cl)cn2)cc1. The summed E-state index contributed by atoms with van der Waals surface area (Å²) in [7, 11) is 2.03. The molecule has 1 aromatic heterocycles. The molecule has 7 heteroatoms. The molecule has 0 unspecified atom stereocenters. The van der Waals surface area contributed by atoms with Crippen LogP contribution in [0.4, 0.5) is 5.82 Å². The van der Waals surface area contributed by atoms with E-state index in [4.69, 9.17) is 11.6 Å². The maximum Gasteiger partial charge on any atom is 0.229 e. The van der Waals surface area contributed by atoms with Crippen molar-refractivity contribution >= 4 is 34.9 Å². The van der Waals surface area contributed by atoms with E-state index in [1.807, 2.05) is 55.6 Å². The lowest BCUT2D eigenvalue weighted by Crippen LogP contribution is -2.32. The van der Waals surface area contributed by atoms with Gasteiger partial charge in [-0.25, -0.2) is 4.98 Å². The predicted octanol–water partition coefficient (Wildman–Crippen LogP) is 4.42. The van der Waals surface area contributed by atoms with Crippen molar-refractivity contribution in [3.8, 4) is 0 Å². The summed E-state index contributed by atoms with van der Waals surface area (Å²) in [6.07, 6.45) is 2.92. The number of carbonyl (C=O) groups excluding carboxylic acids is 2. The molecular formula is C26H25ClN4O2. The Morgan fingerprint density at radius 3 is 2.39 bits per heavy atom. The smallest absolute Gasteiger partial charge is 0.229 e. The van der Waals surface area contributed by atoms with Crippen molar-refractivity contribution in [3.05, 3.63) is 94.1 Å². The molecule has 0 bridgehead atoms. The van der Waals surface area contributed by atoms with Crippen molar-refractivity contribution in [1.29, 1.82) is 0 Å². The molecule has 168 valence electrons. The first kappa shape index (κ1) is 22.7. The van der Waals surface area contributed by atoms with Crippen LogP contribution in [0.15, 0.2) is 71.9 Å². The Labute approximate surface area is 198 Å². The first-order chi connectivity index (χ1) is 16.0. The number of nitrogens with one attached hydrogen (secondary N) is 1. The highest BCUT2D eigenvalue weighted by Gasteiger charge is 2.16. The summed E-state index contributed by atoms with van der Waals surface area (Å²) in [6.45, 7) is 1.82. The summed E-state index contributed by atoms with van der Waals surface area (Å²) in [5.74, 6) is 1.21. The minimum absolute atomic E-state index is 0.00714. The molecule has 0 fully saturated rings. The number of aliphatic imine (C=N–C) groups is 1. The molecule has 1 amide bonds. The highest BCUT2D eigenvalue weighted by Crippen LogP contribution is 2.17. The van der Waals surface area contributed by atoms with E-state index >= 15 is 0 Å². The van der Waals surface area contributed by atoms with E-state index in [1.165, 1.54) is 6.20 Å². The molecule has 1 aliphatic heterocycles. The number of anilines is 1. The number of aromatic nitrogens is 1. The molecule has 3 aromatic rings. The molecule has 0 atom stereocenters. The predicted molar refractivity (Wildman–Crippen MR) is 131 cm³/mol. The van der Waals surface area contributed by atoms with E-state index in [0.29, 0.717) is 16.4 Å². The van der Waals surface area contributed by atoms with Gasteiger partial charge in [-0.1, -0.05) is 60.1 Å². The van der Waals surface area contributed by atoms with Crippen LogP contribution in [-0.4, -0.2) is 47.5 Å². The minimum Gasteiger partial charge on any atom is -0.359 e. The molecule has 6 nitrogen and oxygen atoms in total. The van der Waals surface area contributed by atoms with Gasteiger partial charge in [-0.05, 0) is 29.7 Å². The van der Waals surface area contributed by atoms with Gasteiger partial charge in [0.15, 0.2) is 5.78 Å². The Balaban J connectivity index is 1.42. The molecule has 0 saturated heterocycles. The second-order valence-corrected chi connectivity index (χ2v) is 8.45. The Hall–Kier alpha value is -3.51. The second kappa shape index (κ2) is 10.4. The second-order valence-electron chi connectivity index (χ2n) is 8.01. The molecule has 4 rings (SSSR count). The van der Waals surface area contributed by atoms with Crippen LogP contribution in [-0.2, 0) is 17.6 Å². The molecule has 0 spiro atoms. The molecular weight excluding hydrogens is 436 g/mol. The summed E-state index contributed by atoms with van der Waals surface area (Å²) in [6, 6.07) is 18.4. The summed E-state index contributed by atoms with van der Waals surface area (Å²) in [5.41, 5.74) is 3.30. The highest BCUT2D eigenvalue weighted by atomic mass is 35.5. The van der Waals surface area contributed by atoms with Gasteiger partial charge in [0.25, 0.3) is 0 Å². The number of rotatable bonds is 7. The minimum atomic E-state index is -0.202. The third kappa shape index (κ3) is 5.84. The van der Waals surface area contributed by atoms with Gasteiger partial charge in [-0.3, -0.25) is 14.6 Å². The molecule has 1 N–H and O–H groups in total. The number of amides is 1. The Morgan fingerprint density at radius 1 is 1.00 bits per heavy atom. The third-order valence-corrected chi connectivity index (χ3v) is 5.78. The monoisotopic (exact) mass is 460 g/mol. The number of Topliss-reactive ketones (excluding diaryl/α,β-unsaturated/α-hetero) is 1. The third-order valence-electron chi connectivity index (χ3n) is 5.56. The van der Waals surface area contributed by atoms with Gasteiger partial charge in [-0.15, -0.1) is 0 Å². The van der Waals surface area contributed by atoms with Crippen LogP contribution >= 0.6 is 11.6 Å². The molecule has 0 saturated carbocycles. The van der Waals surface area contributed by atoms with E-state index in [-0.39, 0.29) is 24.5 Å². The van der Waals surface area contributed by atoms with Gasteiger partial charge in [-0.2, -0.15) is 0 Å². The average molecular weight is 461 g/mol. The van der Waals surface area contributed by atoms with Crippen LogP contribution < -0.4 is 5.32 Å². The van der Waals surface area contributed by atoms with Gasteiger partial charge in [0.1, 0.15) is 11.7 Å². The molecule has 0 radical (unpaired) electrons. The van der Waals surface area contributed by atoms with Gasteiger partial charge in [0.05, 0.1) is 11.4 Å². The van der Waals surface area contributed by atoms with Gasteiger partial charge in [0, 0.05) is 43.9 Å². The zero-order valence-corrected chi connectivity index (χ0v) is 19.2. The van der Waals surface area contributed by atoms with E-state index in [1.54, 1.807) is 12.1 Å². The van der Waals surface area contributed by atoms with E-state index in [2.05, 4.69) is 20.2 Å². The fourth-order valence-corrected chi connectivity index (χ4v) is 3.94. The topological polar surface area (TPSA) is 74.7 Å². The van der Waals surface area contributed by atoms with Crippen LogP contribution in [0, 0.1) is 0 Å². The average Bonchev–Trinajstić information content (AvgIpc) is 2.82. The van der Waals surface area contributed by atoms with Crippen molar-refractivity contribution in [3.63, 3.8) is 0 Å². The Bertz CT molecular complexity index is 1170. The van der Waals surface area contributed by atoms with Gasteiger partial charge >= 0.3 is 0 Å². The van der Waals surface area contributed by atoms with E-state index in [0.717, 1.165) is 42.0 Å². The van der Waals surface area contributed by atoms with Crippen LogP contribution in [0.5, 0.6) is 0 Å². The number of hydrogen-bond donors (Lipinski definition) is 1. The van der Waals surface area contributed by atoms with Crippen molar-refractivity contribution < 1.29 is 9.59 Å². The standard InChI is InChI=1S/C26H25ClN4O2/c1-31-14-4-13-28-26(31)19-9-7-18(8-10-19)23(32)15-20-5-2-3-6-21(20)16-25(33)30-24-12-11-22(27)17-29-24/h2-3,5-12,17H,4,13-16H2,1H3,(H,29,30,33). The van der Waals surface area contributed by atoms with Gasteiger partial charge < -0.3 is 10.2 Å². The molecule has 0 aliphatic carbocycles. The van der Waals surface area contributed by atoms with Crippen LogP contribution in [0.25, 0.3) is 0 Å². The highest BCUT2D eigenvalue weighted by molar-refractivity contribution is 6.30. The maximum atomic E-state index is 13.0. The van der Waals surface area contributed by atoms with Crippen molar-refractivity contribution in [2.24, 2.45) is 4.99 Å². The van der Waals surface area contributed by atoms with Crippen molar-refractivity contribution in [1.82, 2.24) is 9.88 Å². The number of benzene rings is 2. The van der Waals surface area contributed by atoms with Crippen molar-refractivity contribution in [2.75, 3.05) is 25.5 Å². The number of carbonyl (C=O) groups is 2. The lowest BCUT2D eigenvalue weighted by Gasteiger charge is -2.25. The number of halogens is 1. The van der Waals surface area contributed by atoms with E-state index in [9.17, 15) is 9.59 Å².